The topological polar surface area (TPSA) is 72.5 Å². The van der Waals surface area contributed by atoms with E-state index in [1.54, 1.807) is 0 Å². The minimum Gasteiger partial charge on any atom is -0.494 e. The molecule has 0 unspecified atom stereocenters. The van der Waals surface area contributed by atoms with Gasteiger partial charge < -0.3 is 10.1 Å². The summed E-state index contributed by atoms with van der Waals surface area (Å²) in [5.41, 5.74) is 2.37. The van der Waals surface area contributed by atoms with Crippen molar-refractivity contribution in [3.8, 4) is 0 Å². The summed E-state index contributed by atoms with van der Waals surface area (Å²) >= 11 is 0. The number of anilines is 1. The largest absolute Gasteiger partial charge is 0.494 e. The van der Waals surface area contributed by atoms with Gasteiger partial charge in [0, 0.05) is 43.4 Å². The Morgan fingerprint density at radius 3 is 2.58 bits per heavy atom. The molecule has 1 saturated carbocycles. The number of allylic oxidation sites excluding steroid dienone is 2. The summed E-state index contributed by atoms with van der Waals surface area (Å²) < 4.78 is 6.14. The van der Waals surface area contributed by atoms with Crippen molar-refractivity contribution < 1.29 is 19.1 Å². The third-order valence-electron chi connectivity index (χ3n) is 5.65. The van der Waals surface area contributed by atoms with Gasteiger partial charge in [0.05, 0.1) is 5.92 Å². The Labute approximate surface area is 152 Å². The smallest absolute Gasteiger partial charge is 0.221 e. The molecule has 0 spiro atoms. The van der Waals surface area contributed by atoms with Gasteiger partial charge in [0.15, 0.2) is 5.78 Å². The lowest BCUT2D eigenvalue weighted by atomic mass is 9.67. The zero-order valence-electron chi connectivity index (χ0n) is 14.9. The first-order valence-electron chi connectivity index (χ1n) is 9.38. The Kier molecular flexibility index (Phi) is 4.39. The van der Waals surface area contributed by atoms with Crippen LogP contribution in [0.4, 0.5) is 5.69 Å². The molecule has 4 rings (SSSR count). The summed E-state index contributed by atoms with van der Waals surface area (Å²) in [5.74, 6) is 0.472. The van der Waals surface area contributed by atoms with Crippen LogP contribution in [0.5, 0.6) is 0 Å². The van der Waals surface area contributed by atoms with E-state index in [0.717, 1.165) is 37.0 Å². The Bertz CT molecular complexity index is 793. The van der Waals surface area contributed by atoms with Crippen LogP contribution in [0.15, 0.2) is 35.6 Å². The van der Waals surface area contributed by atoms with E-state index in [9.17, 15) is 14.4 Å². The van der Waals surface area contributed by atoms with Gasteiger partial charge in [0.25, 0.3) is 0 Å². The zero-order chi connectivity index (χ0) is 18.3. The van der Waals surface area contributed by atoms with Gasteiger partial charge in [-0.25, -0.2) is 0 Å². The lowest BCUT2D eigenvalue weighted by Gasteiger charge is -2.43. The molecule has 1 aliphatic heterocycles. The molecule has 3 atom stereocenters. The maximum atomic E-state index is 12.7. The molecule has 1 fully saturated rings. The number of hydrogen-bond donors (Lipinski definition) is 1. The van der Waals surface area contributed by atoms with Crippen molar-refractivity contribution in [1.29, 1.82) is 0 Å². The third-order valence-corrected chi connectivity index (χ3v) is 5.65. The molecule has 1 amide bonds. The molecule has 5 heteroatoms. The molecule has 136 valence electrons. The van der Waals surface area contributed by atoms with Crippen molar-refractivity contribution in [1.82, 2.24) is 0 Å². The number of amides is 1. The second-order valence-electron chi connectivity index (χ2n) is 7.44. The maximum absolute atomic E-state index is 12.7. The van der Waals surface area contributed by atoms with Gasteiger partial charge in [0.2, 0.25) is 5.91 Å². The minimum absolute atomic E-state index is 0.110. The van der Waals surface area contributed by atoms with Crippen molar-refractivity contribution in [3.05, 3.63) is 41.2 Å². The van der Waals surface area contributed by atoms with Gasteiger partial charge in [0.1, 0.15) is 17.6 Å². The molecule has 0 saturated heterocycles. The van der Waals surface area contributed by atoms with Crippen LogP contribution in [0, 0.1) is 5.92 Å². The summed E-state index contributed by atoms with van der Waals surface area (Å²) in [7, 11) is 0. The van der Waals surface area contributed by atoms with E-state index in [-0.39, 0.29) is 35.4 Å². The van der Waals surface area contributed by atoms with Gasteiger partial charge in [-0.05, 0) is 37.0 Å². The minimum atomic E-state index is -0.281. The van der Waals surface area contributed by atoms with Crippen molar-refractivity contribution in [2.45, 2.75) is 57.5 Å². The van der Waals surface area contributed by atoms with Gasteiger partial charge >= 0.3 is 0 Å². The molecule has 1 aromatic rings. The summed E-state index contributed by atoms with van der Waals surface area (Å²) in [5, 5.41) is 2.76. The molecule has 26 heavy (non-hydrogen) atoms. The first-order chi connectivity index (χ1) is 12.5. The number of carbonyl (C=O) groups is 3. The van der Waals surface area contributed by atoms with Gasteiger partial charge in [-0.3, -0.25) is 14.4 Å². The zero-order valence-corrected chi connectivity index (χ0v) is 14.9. The Balaban J connectivity index is 1.77. The van der Waals surface area contributed by atoms with Crippen LogP contribution in [0.2, 0.25) is 0 Å². The molecule has 0 bridgehead atoms. The van der Waals surface area contributed by atoms with Crippen LogP contribution in [-0.2, 0) is 19.1 Å². The Hall–Kier alpha value is -2.43. The fourth-order valence-corrected chi connectivity index (χ4v) is 4.58. The van der Waals surface area contributed by atoms with E-state index >= 15 is 0 Å². The summed E-state index contributed by atoms with van der Waals surface area (Å²) in [6, 6.07) is 7.52. The van der Waals surface area contributed by atoms with Crippen molar-refractivity contribution in [2.75, 3.05) is 5.32 Å². The van der Waals surface area contributed by atoms with Crippen molar-refractivity contribution >= 4 is 23.2 Å². The van der Waals surface area contributed by atoms with Crippen LogP contribution in [0.3, 0.4) is 0 Å². The number of fused-ring (bicyclic) bond motifs is 1. The number of Topliss-reactive ketones (excluding diaryl/α,β-unsaturated/α-hetero) is 2. The number of ether oxygens (including phenoxy) is 1. The highest BCUT2D eigenvalue weighted by Crippen LogP contribution is 2.48. The number of hydrogen-bond acceptors (Lipinski definition) is 4. The fraction of sp³-hybridized carbons (Fsp3) is 0.476. The first kappa shape index (κ1) is 17.0. The predicted molar refractivity (Wildman–Crippen MR) is 96.6 cm³/mol. The third kappa shape index (κ3) is 2.96. The molecule has 0 radical (unpaired) electrons. The molecule has 5 nitrogen and oxygen atoms in total. The highest BCUT2D eigenvalue weighted by Gasteiger charge is 2.48. The van der Waals surface area contributed by atoms with Crippen LogP contribution in [0.1, 0.15) is 56.9 Å². The number of nitrogens with one attached hydrogen (secondary N) is 1. The maximum Gasteiger partial charge on any atom is 0.221 e. The Morgan fingerprint density at radius 1 is 1.08 bits per heavy atom. The molecule has 2 aliphatic carbocycles. The van der Waals surface area contributed by atoms with Gasteiger partial charge in [-0.15, -0.1) is 0 Å². The van der Waals surface area contributed by atoms with Crippen LogP contribution in [0.25, 0.3) is 0 Å². The number of rotatable bonds is 2. The van der Waals surface area contributed by atoms with Gasteiger partial charge in [-0.1, -0.05) is 12.1 Å². The van der Waals surface area contributed by atoms with Crippen molar-refractivity contribution in [3.63, 3.8) is 0 Å². The van der Waals surface area contributed by atoms with Gasteiger partial charge in [-0.2, -0.15) is 0 Å². The Morgan fingerprint density at radius 2 is 1.85 bits per heavy atom. The van der Waals surface area contributed by atoms with E-state index in [1.807, 2.05) is 24.3 Å². The standard InChI is InChI=1S/C21H23NO4/c1-12(23)22-14-10-8-13(9-11-14)19-20-15(24)4-2-6-17(20)26-18-7-3-5-16(25)21(18)19/h8-11,17,19-20H,2-7H2,1H3,(H,22,23)/t17-,19-,20-/m0/s1. The van der Waals surface area contributed by atoms with E-state index < -0.39 is 0 Å². The second kappa shape index (κ2) is 6.71. The van der Waals surface area contributed by atoms with E-state index in [0.29, 0.717) is 24.1 Å². The molecular weight excluding hydrogens is 330 g/mol. The number of carbonyl (C=O) groups excluding carboxylic acids is 3. The highest BCUT2D eigenvalue weighted by atomic mass is 16.5. The molecule has 0 aromatic heterocycles. The lowest BCUT2D eigenvalue weighted by molar-refractivity contribution is -0.133. The average Bonchev–Trinajstić information content (AvgIpc) is 2.61. The highest BCUT2D eigenvalue weighted by molar-refractivity contribution is 6.00. The van der Waals surface area contributed by atoms with E-state index in [4.69, 9.17) is 4.74 Å². The lowest BCUT2D eigenvalue weighted by Crippen LogP contribution is -2.44. The van der Waals surface area contributed by atoms with Crippen LogP contribution >= 0.6 is 0 Å². The van der Waals surface area contributed by atoms with Crippen LogP contribution in [-0.4, -0.2) is 23.6 Å². The fourth-order valence-electron chi connectivity index (χ4n) is 4.58. The molecule has 3 aliphatic rings. The number of benzene rings is 1. The SMILES string of the molecule is CC(=O)Nc1ccc([C@@H]2C3=C(CCCC3=O)O[C@H]3CCCC(=O)[C@@H]32)cc1. The van der Waals surface area contributed by atoms with E-state index in [2.05, 4.69) is 5.32 Å². The normalized spacial score (nSPS) is 28.1. The second-order valence-corrected chi connectivity index (χ2v) is 7.44. The quantitative estimate of drug-likeness (QED) is 0.883. The monoisotopic (exact) mass is 353 g/mol. The first-order valence-corrected chi connectivity index (χ1v) is 9.38. The van der Waals surface area contributed by atoms with E-state index in [1.165, 1.54) is 6.92 Å². The molecule has 1 aromatic carbocycles. The molecule has 1 heterocycles. The summed E-state index contributed by atoms with van der Waals surface area (Å²) in [6.45, 7) is 1.47. The van der Waals surface area contributed by atoms with Crippen LogP contribution < -0.4 is 5.32 Å². The van der Waals surface area contributed by atoms with Crippen molar-refractivity contribution in [2.24, 2.45) is 5.92 Å². The summed E-state index contributed by atoms with van der Waals surface area (Å²) in [4.78, 5) is 36.7. The molecular formula is C21H23NO4. The average molecular weight is 353 g/mol. The molecule has 1 N–H and O–H groups in total. The predicted octanol–water partition coefficient (Wildman–Crippen LogP) is 3.50. The number of ketones is 2. The summed E-state index contributed by atoms with van der Waals surface area (Å²) in [6.07, 6.45) is 4.26.